The Morgan fingerprint density at radius 3 is 3.05 bits per heavy atom. The van der Waals surface area contributed by atoms with Gasteiger partial charge in [-0.25, -0.2) is 0 Å². The number of aryl methyl sites for hydroxylation is 1. The van der Waals surface area contributed by atoms with Crippen LogP contribution in [0.4, 0.5) is 0 Å². The maximum atomic E-state index is 11.9. The zero-order valence-electron chi connectivity index (χ0n) is 12.1. The summed E-state index contributed by atoms with van der Waals surface area (Å²) in [5, 5.41) is 12.0. The Hall–Kier alpha value is -1.08. The monoisotopic (exact) mass is 298 g/mol. The fraction of sp³-hybridized carbons (Fsp3) is 0.769. The standard InChI is InChI=1S/C13H22N4O2S/c1-3-17-10(2)15-16-13(17)20-9-7-14-12(18)11-6-4-5-8-19-11/h11H,3-9H2,1-2H3,(H,14,18)/t11-/m0/s1. The van der Waals surface area contributed by atoms with Crippen LogP contribution in [0.25, 0.3) is 0 Å². The van der Waals surface area contributed by atoms with Crippen molar-refractivity contribution in [3.05, 3.63) is 5.82 Å². The van der Waals surface area contributed by atoms with Gasteiger partial charge in [-0.15, -0.1) is 10.2 Å². The summed E-state index contributed by atoms with van der Waals surface area (Å²) in [6.07, 6.45) is 2.72. The lowest BCUT2D eigenvalue weighted by Gasteiger charge is -2.21. The van der Waals surface area contributed by atoms with E-state index in [0.717, 1.165) is 42.5 Å². The number of nitrogens with one attached hydrogen (secondary N) is 1. The number of aromatic nitrogens is 3. The van der Waals surface area contributed by atoms with Crippen molar-refractivity contribution in [2.24, 2.45) is 0 Å². The van der Waals surface area contributed by atoms with E-state index in [0.29, 0.717) is 13.2 Å². The third kappa shape index (κ3) is 3.96. The fourth-order valence-electron chi connectivity index (χ4n) is 2.21. The minimum atomic E-state index is -0.254. The van der Waals surface area contributed by atoms with Crippen molar-refractivity contribution >= 4 is 17.7 Å². The number of carbonyl (C=O) groups excluding carboxylic acids is 1. The molecule has 0 bridgehead atoms. The van der Waals surface area contributed by atoms with Crippen molar-refractivity contribution < 1.29 is 9.53 Å². The molecule has 0 saturated carbocycles. The molecule has 0 unspecified atom stereocenters. The van der Waals surface area contributed by atoms with Crippen LogP contribution in [-0.4, -0.2) is 45.7 Å². The second-order valence-corrected chi connectivity index (χ2v) is 5.83. The van der Waals surface area contributed by atoms with Crippen LogP contribution >= 0.6 is 11.8 Å². The highest BCUT2D eigenvalue weighted by Gasteiger charge is 2.21. The van der Waals surface area contributed by atoms with E-state index in [9.17, 15) is 4.79 Å². The summed E-state index contributed by atoms with van der Waals surface area (Å²) in [6, 6.07) is 0. The maximum absolute atomic E-state index is 11.9. The molecule has 0 spiro atoms. The first-order valence-electron chi connectivity index (χ1n) is 7.14. The largest absolute Gasteiger partial charge is 0.368 e. The lowest BCUT2D eigenvalue weighted by Crippen LogP contribution is -2.39. The van der Waals surface area contributed by atoms with Gasteiger partial charge < -0.3 is 14.6 Å². The Morgan fingerprint density at radius 2 is 2.35 bits per heavy atom. The van der Waals surface area contributed by atoms with Crippen LogP contribution in [0.3, 0.4) is 0 Å². The van der Waals surface area contributed by atoms with Crippen LogP contribution in [0.5, 0.6) is 0 Å². The first-order valence-corrected chi connectivity index (χ1v) is 8.13. The Labute approximate surface area is 123 Å². The number of carbonyl (C=O) groups is 1. The first kappa shape index (κ1) is 15.3. The molecule has 1 aromatic heterocycles. The van der Waals surface area contributed by atoms with Gasteiger partial charge in [0.1, 0.15) is 11.9 Å². The highest BCUT2D eigenvalue weighted by molar-refractivity contribution is 7.99. The molecular formula is C13H22N4O2S. The molecule has 1 aliphatic rings. The topological polar surface area (TPSA) is 69.0 Å². The molecule has 7 heteroatoms. The van der Waals surface area contributed by atoms with E-state index in [4.69, 9.17) is 4.74 Å². The van der Waals surface area contributed by atoms with Gasteiger partial charge in [-0.05, 0) is 33.1 Å². The Balaban J connectivity index is 1.69. The lowest BCUT2D eigenvalue weighted by atomic mass is 10.1. The van der Waals surface area contributed by atoms with Gasteiger partial charge in [-0.3, -0.25) is 4.79 Å². The summed E-state index contributed by atoms with van der Waals surface area (Å²) in [6.45, 7) is 6.21. The van der Waals surface area contributed by atoms with Gasteiger partial charge in [0.25, 0.3) is 0 Å². The molecule has 2 heterocycles. The van der Waals surface area contributed by atoms with Gasteiger partial charge in [-0.2, -0.15) is 0 Å². The highest BCUT2D eigenvalue weighted by atomic mass is 32.2. The average Bonchev–Trinajstić information content (AvgIpc) is 2.84. The minimum absolute atomic E-state index is 0.0124. The maximum Gasteiger partial charge on any atom is 0.249 e. The van der Waals surface area contributed by atoms with Crippen molar-refractivity contribution in [3.63, 3.8) is 0 Å². The zero-order valence-corrected chi connectivity index (χ0v) is 12.9. The molecule has 0 aliphatic carbocycles. The van der Waals surface area contributed by atoms with Crippen LogP contribution in [0, 0.1) is 6.92 Å². The number of nitrogens with zero attached hydrogens (tertiary/aromatic N) is 3. The lowest BCUT2D eigenvalue weighted by molar-refractivity contribution is -0.135. The smallest absolute Gasteiger partial charge is 0.249 e. The summed E-state index contributed by atoms with van der Waals surface area (Å²) in [4.78, 5) is 11.9. The Kier molecular flexibility index (Phi) is 5.85. The van der Waals surface area contributed by atoms with Crippen LogP contribution < -0.4 is 5.32 Å². The predicted molar refractivity (Wildman–Crippen MR) is 77.8 cm³/mol. The Bertz CT molecular complexity index is 444. The zero-order chi connectivity index (χ0) is 14.4. The van der Waals surface area contributed by atoms with Gasteiger partial charge in [0, 0.05) is 25.4 Å². The molecule has 2 rings (SSSR count). The molecule has 0 radical (unpaired) electrons. The SMILES string of the molecule is CCn1c(C)nnc1SCCNC(=O)[C@@H]1CCCCO1. The molecule has 6 nitrogen and oxygen atoms in total. The predicted octanol–water partition coefficient (Wildman–Crippen LogP) is 1.38. The quantitative estimate of drug-likeness (QED) is 0.635. The molecule has 0 aromatic carbocycles. The normalized spacial score (nSPS) is 19.0. The number of thioether (sulfide) groups is 1. The van der Waals surface area contributed by atoms with Crippen molar-refractivity contribution in [1.82, 2.24) is 20.1 Å². The van der Waals surface area contributed by atoms with Crippen LogP contribution in [0.2, 0.25) is 0 Å². The minimum Gasteiger partial charge on any atom is -0.368 e. The number of ether oxygens (including phenoxy) is 1. The van der Waals surface area contributed by atoms with Gasteiger partial charge >= 0.3 is 0 Å². The molecule has 1 fully saturated rings. The summed E-state index contributed by atoms with van der Waals surface area (Å²) >= 11 is 1.61. The van der Waals surface area contributed by atoms with Crippen molar-refractivity contribution in [2.75, 3.05) is 18.9 Å². The van der Waals surface area contributed by atoms with Crippen molar-refractivity contribution in [3.8, 4) is 0 Å². The summed E-state index contributed by atoms with van der Waals surface area (Å²) < 4.78 is 7.52. The van der Waals surface area contributed by atoms with E-state index >= 15 is 0 Å². The van der Waals surface area contributed by atoms with E-state index in [1.54, 1.807) is 11.8 Å². The number of amides is 1. The van der Waals surface area contributed by atoms with E-state index in [1.165, 1.54) is 0 Å². The third-order valence-corrected chi connectivity index (χ3v) is 4.29. The van der Waals surface area contributed by atoms with Crippen LogP contribution in [0.15, 0.2) is 5.16 Å². The number of hydrogen-bond acceptors (Lipinski definition) is 5. The molecule has 20 heavy (non-hydrogen) atoms. The molecule has 1 saturated heterocycles. The Morgan fingerprint density at radius 1 is 1.50 bits per heavy atom. The summed E-state index contributed by atoms with van der Waals surface area (Å²) in [7, 11) is 0. The summed E-state index contributed by atoms with van der Waals surface area (Å²) in [5.41, 5.74) is 0. The van der Waals surface area contributed by atoms with E-state index in [-0.39, 0.29) is 12.0 Å². The van der Waals surface area contributed by atoms with E-state index in [2.05, 4.69) is 27.0 Å². The van der Waals surface area contributed by atoms with Crippen LogP contribution in [-0.2, 0) is 16.1 Å². The fourth-order valence-corrected chi connectivity index (χ4v) is 3.11. The van der Waals surface area contributed by atoms with Gasteiger partial charge in [0.15, 0.2) is 5.16 Å². The average molecular weight is 298 g/mol. The molecule has 1 aliphatic heterocycles. The van der Waals surface area contributed by atoms with Gasteiger partial charge in [-0.1, -0.05) is 11.8 Å². The number of hydrogen-bond donors (Lipinski definition) is 1. The van der Waals surface area contributed by atoms with Crippen LogP contribution in [0.1, 0.15) is 32.0 Å². The van der Waals surface area contributed by atoms with Gasteiger partial charge in [0.05, 0.1) is 0 Å². The molecule has 1 amide bonds. The van der Waals surface area contributed by atoms with Crippen molar-refractivity contribution in [2.45, 2.75) is 50.9 Å². The molecule has 1 atom stereocenters. The summed E-state index contributed by atoms with van der Waals surface area (Å²) in [5.74, 6) is 1.73. The number of rotatable bonds is 6. The second-order valence-electron chi connectivity index (χ2n) is 4.77. The molecule has 112 valence electrons. The first-order chi connectivity index (χ1) is 9.72. The molecule has 1 aromatic rings. The third-order valence-electron chi connectivity index (χ3n) is 3.32. The van der Waals surface area contributed by atoms with E-state index in [1.807, 2.05) is 6.92 Å². The van der Waals surface area contributed by atoms with Gasteiger partial charge in [0.2, 0.25) is 5.91 Å². The van der Waals surface area contributed by atoms with E-state index < -0.39 is 0 Å². The van der Waals surface area contributed by atoms with Crippen molar-refractivity contribution in [1.29, 1.82) is 0 Å². The molecular weight excluding hydrogens is 276 g/mol. The highest BCUT2D eigenvalue weighted by Crippen LogP contribution is 2.16. The second kappa shape index (κ2) is 7.64. The molecule has 1 N–H and O–H groups in total.